The number of benzene rings is 1. The van der Waals surface area contributed by atoms with Crippen LogP contribution >= 0.6 is 0 Å². The first-order valence-electron chi connectivity index (χ1n) is 5.70. The molecule has 19 heavy (non-hydrogen) atoms. The van der Waals surface area contributed by atoms with E-state index < -0.39 is 23.6 Å². The van der Waals surface area contributed by atoms with Crippen molar-refractivity contribution in [2.75, 3.05) is 14.2 Å². The summed E-state index contributed by atoms with van der Waals surface area (Å²) in [5.74, 6) is -4.02. The molecule has 1 rings (SSSR count). The molecule has 0 bridgehead atoms. The highest BCUT2D eigenvalue weighted by atomic mass is 16.5. The van der Waals surface area contributed by atoms with Gasteiger partial charge in [0.1, 0.15) is 0 Å². The van der Waals surface area contributed by atoms with Crippen LogP contribution in [0.3, 0.4) is 0 Å². The number of ketones is 1. The summed E-state index contributed by atoms with van der Waals surface area (Å²) in [6.07, 6.45) is 0. The SMILES string of the molecule is COC(=O)C(C(=O)OC)C(=O)c1cccc(C)c1C. The molecule has 0 aliphatic carbocycles. The van der Waals surface area contributed by atoms with Gasteiger partial charge in [-0.05, 0) is 25.0 Å². The fraction of sp³-hybridized carbons (Fsp3) is 0.357. The van der Waals surface area contributed by atoms with Crippen LogP contribution in [0.2, 0.25) is 0 Å². The van der Waals surface area contributed by atoms with E-state index in [0.717, 1.165) is 25.3 Å². The Morgan fingerprint density at radius 2 is 1.53 bits per heavy atom. The van der Waals surface area contributed by atoms with Gasteiger partial charge in [0.25, 0.3) is 0 Å². The van der Waals surface area contributed by atoms with Crippen molar-refractivity contribution in [2.45, 2.75) is 13.8 Å². The minimum absolute atomic E-state index is 0.320. The first-order valence-corrected chi connectivity index (χ1v) is 5.70. The van der Waals surface area contributed by atoms with E-state index in [1.54, 1.807) is 19.1 Å². The van der Waals surface area contributed by atoms with E-state index >= 15 is 0 Å². The van der Waals surface area contributed by atoms with Crippen molar-refractivity contribution in [3.63, 3.8) is 0 Å². The van der Waals surface area contributed by atoms with Gasteiger partial charge in [-0.25, -0.2) is 0 Å². The summed E-state index contributed by atoms with van der Waals surface area (Å²) >= 11 is 0. The molecule has 0 saturated carbocycles. The Hall–Kier alpha value is -2.17. The molecule has 0 amide bonds. The van der Waals surface area contributed by atoms with Crippen LogP contribution < -0.4 is 0 Å². The Bertz CT molecular complexity index is 503. The van der Waals surface area contributed by atoms with Crippen molar-refractivity contribution in [3.05, 3.63) is 34.9 Å². The zero-order chi connectivity index (χ0) is 14.6. The number of carbonyl (C=O) groups is 3. The summed E-state index contributed by atoms with van der Waals surface area (Å²) < 4.78 is 8.97. The van der Waals surface area contributed by atoms with Crippen molar-refractivity contribution in [1.29, 1.82) is 0 Å². The minimum atomic E-state index is -1.57. The van der Waals surface area contributed by atoms with E-state index in [4.69, 9.17) is 0 Å². The van der Waals surface area contributed by atoms with Gasteiger partial charge in [0.2, 0.25) is 5.92 Å². The van der Waals surface area contributed by atoms with Gasteiger partial charge in [0.15, 0.2) is 5.78 Å². The summed E-state index contributed by atoms with van der Waals surface area (Å²) in [5, 5.41) is 0. The molecule has 0 spiro atoms. The Morgan fingerprint density at radius 1 is 1.00 bits per heavy atom. The van der Waals surface area contributed by atoms with Crippen molar-refractivity contribution in [2.24, 2.45) is 5.92 Å². The average Bonchev–Trinajstić information content (AvgIpc) is 2.41. The van der Waals surface area contributed by atoms with E-state index in [1.807, 2.05) is 13.0 Å². The molecule has 0 unspecified atom stereocenters. The number of hydrogen-bond donors (Lipinski definition) is 0. The lowest BCUT2D eigenvalue weighted by Crippen LogP contribution is -2.34. The highest BCUT2D eigenvalue weighted by molar-refractivity contribution is 6.21. The van der Waals surface area contributed by atoms with Crippen molar-refractivity contribution in [3.8, 4) is 0 Å². The van der Waals surface area contributed by atoms with Crippen molar-refractivity contribution >= 4 is 17.7 Å². The number of carbonyl (C=O) groups excluding carboxylic acids is 3. The Morgan fingerprint density at radius 3 is 2.00 bits per heavy atom. The molecular weight excluding hydrogens is 248 g/mol. The van der Waals surface area contributed by atoms with Crippen molar-refractivity contribution < 1.29 is 23.9 Å². The molecule has 5 nitrogen and oxygen atoms in total. The molecule has 0 fully saturated rings. The number of aryl methyl sites for hydroxylation is 1. The molecule has 0 heterocycles. The van der Waals surface area contributed by atoms with Gasteiger partial charge in [-0.1, -0.05) is 18.2 Å². The zero-order valence-corrected chi connectivity index (χ0v) is 11.4. The van der Waals surface area contributed by atoms with Gasteiger partial charge in [0.05, 0.1) is 14.2 Å². The number of ether oxygens (including phenoxy) is 2. The van der Waals surface area contributed by atoms with Crippen LogP contribution in [0, 0.1) is 19.8 Å². The molecular formula is C14H16O5. The standard InChI is InChI=1S/C14H16O5/c1-8-6-5-7-10(9(8)2)12(15)11(13(16)18-3)14(17)19-4/h5-7,11H,1-4H3. The van der Waals surface area contributed by atoms with E-state index in [0.29, 0.717) is 5.56 Å². The van der Waals surface area contributed by atoms with Gasteiger partial charge in [-0.2, -0.15) is 0 Å². The summed E-state index contributed by atoms with van der Waals surface area (Å²) in [4.78, 5) is 35.5. The lowest BCUT2D eigenvalue weighted by Gasteiger charge is -2.13. The van der Waals surface area contributed by atoms with Crippen LogP contribution in [0.15, 0.2) is 18.2 Å². The third kappa shape index (κ3) is 2.99. The van der Waals surface area contributed by atoms with Gasteiger partial charge in [-0.3, -0.25) is 14.4 Å². The highest BCUT2D eigenvalue weighted by Crippen LogP contribution is 2.18. The predicted octanol–water partition coefficient (Wildman–Crippen LogP) is 1.45. The van der Waals surface area contributed by atoms with Gasteiger partial charge in [0, 0.05) is 5.56 Å². The first kappa shape index (κ1) is 14.9. The Balaban J connectivity index is 3.23. The molecule has 1 aromatic rings. The normalized spacial score (nSPS) is 10.2. The molecule has 0 N–H and O–H groups in total. The van der Waals surface area contributed by atoms with E-state index in [1.165, 1.54) is 0 Å². The molecule has 0 aliphatic rings. The third-order valence-electron chi connectivity index (χ3n) is 3.01. The zero-order valence-electron chi connectivity index (χ0n) is 11.4. The molecule has 0 aromatic heterocycles. The van der Waals surface area contributed by atoms with Gasteiger partial charge < -0.3 is 9.47 Å². The van der Waals surface area contributed by atoms with E-state index in [2.05, 4.69) is 9.47 Å². The predicted molar refractivity (Wildman–Crippen MR) is 67.8 cm³/mol. The average molecular weight is 264 g/mol. The number of methoxy groups -OCH3 is 2. The quantitative estimate of drug-likeness (QED) is 0.467. The number of rotatable bonds is 4. The molecule has 0 radical (unpaired) electrons. The smallest absolute Gasteiger partial charge is 0.328 e. The maximum absolute atomic E-state index is 12.3. The van der Waals surface area contributed by atoms with E-state index in [9.17, 15) is 14.4 Å². The second kappa shape index (κ2) is 6.13. The molecule has 0 atom stereocenters. The maximum atomic E-state index is 12.3. The highest BCUT2D eigenvalue weighted by Gasteiger charge is 2.37. The van der Waals surface area contributed by atoms with Crippen LogP contribution in [0.4, 0.5) is 0 Å². The largest absolute Gasteiger partial charge is 0.468 e. The second-order valence-electron chi connectivity index (χ2n) is 4.09. The van der Waals surface area contributed by atoms with Crippen LogP contribution in [0.25, 0.3) is 0 Å². The minimum Gasteiger partial charge on any atom is -0.468 e. The lowest BCUT2D eigenvalue weighted by molar-refractivity contribution is -0.155. The number of esters is 2. The van der Waals surface area contributed by atoms with Gasteiger partial charge in [-0.15, -0.1) is 0 Å². The fourth-order valence-corrected chi connectivity index (χ4v) is 1.72. The topological polar surface area (TPSA) is 69.7 Å². The van der Waals surface area contributed by atoms with Crippen molar-refractivity contribution in [1.82, 2.24) is 0 Å². The number of hydrogen-bond acceptors (Lipinski definition) is 5. The molecule has 0 aliphatic heterocycles. The third-order valence-corrected chi connectivity index (χ3v) is 3.01. The lowest BCUT2D eigenvalue weighted by atomic mass is 9.92. The number of Topliss-reactive ketones (excluding diaryl/α,β-unsaturated/α-hetero) is 1. The first-order chi connectivity index (χ1) is 8.93. The Kier molecular flexibility index (Phi) is 4.80. The van der Waals surface area contributed by atoms with Crippen LogP contribution in [-0.2, 0) is 19.1 Å². The molecule has 0 saturated heterocycles. The summed E-state index contributed by atoms with van der Waals surface area (Å²) in [7, 11) is 2.24. The Labute approximate surface area is 111 Å². The molecule has 5 heteroatoms. The van der Waals surface area contributed by atoms with E-state index in [-0.39, 0.29) is 0 Å². The molecule has 102 valence electrons. The molecule has 1 aromatic carbocycles. The van der Waals surface area contributed by atoms with Gasteiger partial charge >= 0.3 is 11.9 Å². The monoisotopic (exact) mass is 264 g/mol. The van der Waals surface area contributed by atoms with Crippen LogP contribution in [0.1, 0.15) is 21.5 Å². The maximum Gasteiger partial charge on any atom is 0.328 e. The summed E-state index contributed by atoms with van der Waals surface area (Å²) in [5.41, 5.74) is 1.95. The van der Waals surface area contributed by atoms with Crippen LogP contribution in [0.5, 0.6) is 0 Å². The van der Waals surface area contributed by atoms with Crippen LogP contribution in [-0.4, -0.2) is 31.9 Å². The summed E-state index contributed by atoms with van der Waals surface area (Å²) in [6.45, 7) is 3.60. The summed E-state index contributed by atoms with van der Waals surface area (Å²) in [6, 6.07) is 5.11. The second-order valence-corrected chi connectivity index (χ2v) is 4.09. The fourth-order valence-electron chi connectivity index (χ4n) is 1.72.